The van der Waals surface area contributed by atoms with Crippen molar-refractivity contribution >= 4 is 20.5 Å². The molecule has 5 nitrogen and oxygen atoms in total. The van der Waals surface area contributed by atoms with Gasteiger partial charge in [0, 0.05) is 12.1 Å². The first-order valence-electron chi connectivity index (χ1n) is 5.53. The van der Waals surface area contributed by atoms with Gasteiger partial charge in [-0.3, -0.25) is 10.1 Å². The molecule has 1 atom stereocenters. The Morgan fingerprint density at radius 3 is 2.39 bits per heavy atom. The highest BCUT2D eigenvalue weighted by molar-refractivity contribution is 6.58. The van der Waals surface area contributed by atoms with Crippen LogP contribution < -0.4 is 0 Å². The second-order valence-corrected chi connectivity index (χ2v) is 7.30. The van der Waals surface area contributed by atoms with Crippen LogP contribution in [-0.4, -0.2) is 25.4 Å². The summed E-state index contributed by atoms with van der Waals surface area (Å²) in [5, 5.41) is 10.5. The first-order chi connectivity index (χ1) is 8.45. The number of rotatable bonds is 5. The van der Waals surface area contributed by atoms with E-state index < -0.39 is 19.7 Å². The van der Waals surface area contributed by atoms with Crippen molar-refractivity contribution in [2.45, 2.75) is 18.8 Å². The van der Waals surface area contributed by atoms with Crippen molar-refractivity contribution in [3.05, 3.63) is 52.6 Å². The monoisotopic (exact) mass is 265 g/mol. The maximum Gasteiger partial charge on any atom is 0.338 e. The summed E-state index contributed by atoms with van der Waals surface area (Å²) in [6.45, 7) is 7.74. The molecule has 1 aromatic rings. The molecule has 0 radical (unpaired) electrons. The van der Waals surface area contributed by atoms with Gasteiger partial charge < -0.3 is 4.74 Å². The predicted molar refractivity (Wildman–Crippen MR) is 71.4 cm³/mol. The van der Waals surface area contributed by atoms with E-state index in [4.69, 9.17) is 4.74 Å². The topological polar surface area (TPSA) is 69.4 Å². The quantitative estimate of drug-likeness (QED) is 0.269. The molecule has 0 aliphatic rings. The summed E-state index contributed by atoms with van der Waals surface area (Å²) in [5.74, 6) is -0.476. The molecule has 1 aromatic carbocycles. The van der Waals surface area contributed by atoms with Gasteiger partial charge in [0.05, 0.1) is 19.3 Å². The van der Waals surface area contributed by atoms with Crippen LogP contribution in [-0.2, 0) is 4.74 Å². The molecule has 96 valence electrons. The highest BCUT2D eigenvalue weighted by Crippen LogP contribution is 2.13. The van der Waals surface area contributed by atoms with Crippen molar-refractivity contribution < 1.29 is 14.5 Å². The number of benzene rings is 1. The Labute approximate surface area is 107 Å². The molecule has 1 rings (SSSR count). The summed E-state index contributed by atoms with van der Waals surface area (Å²) >= 11 is 0. The second kappa shape index (κ2) is 6.11. The van der Waals surface area contributed by atoms with Crippen LogP contribution in [0.25, 0.3) is 0 Å². The Morgan fingerprint density at radius 2 is 2.00 bits per heavy atom. The number of hydrogen-bond acceptors (Lipinski definition) is 4. The van der Waals surface area contributed by atoms with Crippen molar-refractivity contribution in [3.63, 3.8) is 0 Å². The van der Waals surface area contributed by atoms with Gasteiger partial charge in [-0.05, 0) is 12.1 Å². The van der Waals surface area contributed by atoms with Gasteiger partial charge in [-0.15, -0.1) is 0 Å². The fourth-order valence-electron chi connectivity index (χ4n) is 1.37. The number of non-ortho nitro benzene ring substituents is 1. The largest absolute Gasteiger partial charge is 0.459 e. The lowest BCUT2D eigenvalue weighted by atomic mass is 10.2. The summed E-state index contributed by atoms with van der Waals surface area (Å²) in [4.78, 5) is 21.7. The van der Waals surface area contributed by atoms with E-state index in [-0.39, 0.29) is 11.4 Å². The van der Waals surface area contributed by atoms with Gasteiger partial charge in [0.1, 0.15) is 5.73 Å². The zero-order chi connectivity index (χ0) is 13.7. The fourth-order valence-corrected chi connectivity index (χ4v) is 2.31. The summed E-state index contributed by atoms with van der Waals surface area (Å²) < 4.78 is 5.28. The Hall–Kier alpha value is -1.95. The van der Waals surface area contributed by atoms with Gasteiger partial charge in [0.2, 0.25) is 0 Å². The Morgan fingerprint density at radius 1 is 1.44 bits per heavy atom. The average Bonchev–Trinajstić information content (AvgIpc) is 2.35. The first kappa shape index (κ1) is 14.1. The van der Waals surface area contributed by atoms with E-state index in [0.29, 0.717) is 5.56 Å². The Bertz CT molecular complexity index is 456. The lowest BCUT2D eigenvalue weighted by Gasteiger charge is -2.16. The van der Waals surface area contributed by atoms with Gasteiger partial charge in [-0.2, -0.15) is 0 Å². The lowest BCUT2D eigenvalue weighted by molar-refractivity contribution is -0.384. The normalized spacial score (nSPS) is 11.9. The molecule has 0 N–H and O–H groups in total. The molecule has 0 aliphatic carbocycles. The molecule has 0 amide bonds. The number of nitro groups is 1. The van der Waals surface area contributed by atoms with Gasteiger partial charge in [-0.1, -0.05) is 25.7 Å². The van der Waals surface area contributed by atoms with E-state index in [9.17, 15) is 14.9 Å². The molecular weight excluding hydrogens is 250 g/mol. The van der Waals surface area contributed by atoms with E-state index in [1.165, 1.54) is 24.3 Å². The number of esters is 1. The summed E-state index contributed by atoms with van der Waals surface area (Å²) in [6.07, 6.45) is 1.63. The molecule has 0 heterocycles. The van der Waals surface area contributed by atoms with Gasteiger partial charge in [0.25, 0.3) is 5.69 Å². The highest BCUT2D eigenvalue weighted by Gasteiger charge is 2.17. The summed E-state index contributed by atoms with van der Waals surface area (Å²) in [6, 6.07) is 5.35. The van der Waals surface area contributed by atoms with Crippen LogP contribution in [0.1, 0.15) is 10.4 Å². The maximum atomic E-state index is 11.8. The molecule has 0 aliphatic heterocycles. The number of nitrogens with zero attached hydrogens (tertiary/aromatic N) is 1. The molecule has 0 bridgehead atoms. The summed E-state index contributed by atoms with van der Waals surface area (Å²) in [7, 11) is -1.16. The standard InChI is InChI=1S/C12H15NO4Si/c1-4-11(18(2)3)17-12(14)9-5-7-10(8-6-9)13(15)16/h4-8,11,18H,1H2,2-3H3. The minimum absolute atomic E-state index is 0.0509. The molecular formula is C12H15NO4Si. The minimum Gasteiger partial charge on any atom is -0.459 e. The molecule has 6 heteroatoms. The van der Waals surface area contributed by atoms with Crippen LogP contribution in [0.4, 0.5) is 5.69 Å². The smallest absolute Gasteiger partial charge is 0.338 e. The molecule has 0 saturated carbocycles. The van der Waals surface area contributed by atoms with Gasteiger partial charge in [-0.25, -0.2) is 4.79 Å². The van der Waals surface area contributed by atoms with E-state index in [1.54, 1.807) is 6.08 Å². The van der Waals surface area contributed by atoms with Crippen molar-refractivity contribution in [1.82, 2.24) is 0 Å². The molecule has 18 heavy (non-hydrogen) atoms. The second-order valence-electron chi connectivity index (χ2n) is 4.15. The first-order valence-corrected chi connectivity index (χ1v) is 8.51. The van der Waals surface area contributed by atoms with Gasteiger partial charge >= 0.3 is 5.97 Å². The number of hydrogen-bond donors (Lipinski definition) is 0. The Kier molecular flexibility index (Phi) is 4.79. The third kappa shape index (κ3) is 3.52. The lowest BCUT2D eigenvalue weighted by Crippen LogP contribution is -2.28. The Balaban J connectivity index is 2.78. The number of ether oxygens (including phenoxy) is 1. The third-order valence-corrected chi connectivity index (χ3v) is 4.17. The molecule has 0 spiro atoms. The minimum atomic E-state index is -1.16. The molecule has 1 unspecified atom stereocenters. The van der Waals surface area contributed by atoms with Crippen molar-refractivity contribution in [1.29, 1.82) is 0 Å². The average molecular weight is 265 g/mol. The van der Waals surface area contributed by atoms with Crippen LogP contribution in [0.3, 0.4) is 0 Å². The van der Waals surface area contributed by atoms with Crippen molar-refractivity contribution in [2.75, 3.05) is 0 Å². The highest BCUT2D eigenvalue weighted by atomic mass is 28.3. The third-order valence-electron chi connectivity index (χ3n) is 2.45. The fraction of sp³-hybridized carbons (Fsp3) is 0.250. The number of carbonyl (C=O) groups is 1. The van der Waals surface area contributed by atoms with E-state index in [2.05, 4.69) is 19.7 Å². The SMILES string of the molecule is C=CC(OC(=O)c1ccc([N+](=O)[O-])cc1)[SiH](C)C. The van der Waals surface area contributed by atoms with E-state index in [0.717, 1.165) is 0 Å². The zero-order valence-corrected chi connectivity index (χ0v) is 11.5. The van der Waals surface area contributed by atoms with Crippen LogP contribution in [0.2, 0.25) is 13.1 Å². The zero-order valence-electron chi connectivity index (χ0n) is 10.3. The van der Waals surface area contributed by atoms with E-state index in [1.807, 2.05) is 0 Å². The maximum absolute atomic E-state index is 11.8. The van der Waals surface area contributed by atoms with Crippen LogP contribution in [0, 0.1) is 10.1 Å². The summed E-state index contributed by atoms with van der Waals surface area (Å²) in [5.41, 5.74) is 0.0276. The van der Waals surface area contributed by atoms with Crippen molar-refractivity contribution in [3.8, 4) is 0 Å². The number of carbonyl (C=O) groups excluding carboxylic acids is 1. The van der Waals surface area contributed by atoms with E-state index >= 15 is 0 Å². The predicted octanol–water partition coefficient (Wildman–Crippen LogP) is 2.33. The number of nitro benzene ring substituents is 1. The molecule has 0 saturated heterocycles. The van der Waals surface area contributed by atoms with Crippen LogP contribution >= 0.6 is 0 Å². The van der Waals surface area contributed by atoms with Crippen LogP contribution in [0.15, 0.2) is 36.9 Å². The van der Waals surface area contributed by atoms with Crippen molar-refractivity contribution in [2.24, 2.45) is 0 Å². The molecule has 0 fully saturated rings. The van der Waals surface area contributed by atoms with Gasteiger partial charge in [0.15, 0.2) is 0 Å². The molecule has 0 aromatic heterocycles. The van der Waals surface area contributed by atoms with Crippen LogP contribution in [0.5, 0.6) is 0 Å².